The maximum atomic E-state index is 5.00. The van der Waals surface area contributed by atoms with Crippen molar-refractivity contribution in [3.05, 3.63) is 30.1 Å². The smallest absolute Gasteiger partial charge is 0.0962 e. The molecule has 0 spiro atoms. The van der Waals surface area contributed by atoms with Gasteiger partial charge >= 0.3 is 0 Å². The van der Waals surface area contributed by atoms with Crippen LogP contribution in [0.5, 0.6) is 0 Å². The van der Waals surface area contributed by atoms with Crippen LogP contribution in [0, 0.1) is 11.8 Å². The van der Waals surface area contributed by atoms with E-state index in [0.29, 0.717) is 6.73 Å². The van der Waals surface area contributed by atoms with Gasteiger partial charge in [-0.2, -0.15) is 11.8 Å². The largest absolute Gasteiger partial charge is 0.385 e. The van der Waals surface area contributed by atoms with Crippen LogP contribution in [-0.4, -0.2) is 141 Å². The molecule has 0 aliphatic carbocycles. The van der Waals surface area contributed by atoms with Crippen LogP contribution in [0.15, 0.2) is 24.5 Å². The Kier molecular flexibility index (Phi) is 80.9. The highest BCUT2D eigenvalue weighted by Gasteiger charge is 2.08. The van der Waals surface area contributed by atoms with Crippen molar-refractivity contribution in [1.82, 2.24) is 20.1 Å². The van der Waals surface area contributed by atoms with Crippen molar-refractivity contribution in [3.8, 4) is 0 Å². The van der Waals surface area contributed by atoms with Crippen LogP contribution in [0.1, 0.15) is 112 Å². The zero-order valence-electron chi connectivity index (χ0n) is 38.7. The van der Waals surface area contributed by atoms with Gasteiger partial charge < -0.3 is 33.5 Å². The average Bonchev–Trinajstić information content (AvgIpc) is 3.20. The summed E-state index contributed by atoms with van der Waals surface area (Å²) in [7, 11) is 8.90. The van der Waals surface area contributed by atoms with Crippen LogP contribution in [0.4, 0.5) is 0 Å². The molecular formula is C43H95Cl3N4O5S. The highest BCUT2D eigenvalue weighted by molar-refractivity contribution is 7.99. The Hall–Kier alpha value is 0.0500. The Bertz CT molecular complexity index is 743. The fraction of sp³-hybridized carbons (Fsp3) is 0.884. The number of halogens is 3. The van der Waals surface area contributed by atoms with Gasteiger partial charge in [-0.05, 0) is 89.1 Å². The van der Waals surface area contributed by atoms with Gasteiger partial charge in [-0.3, -0.25) is 10.3 Å². The maximum Gasteiger partial charge on any atom is 0.0962 e. The van der Waals surface area contributed by atoms with Gasteiger partial charge in [-0.25, -0.2) is 0 Å². The maximum absolute atomic E-state index is 5.00. The summed E-state index contributed by atoms with van der Waals surface area (Å²) >= 11 is 2.06. The lowest BCUT2D eigenvalue weighted by atomic mass is 9.93. The number of hydrogen-bond acceptors (Lipinski definition) is 10. The van der Waals surface area contributed by atoms with Gasteiger partial charge in [-0.15, -0.1) is 37.2 Å². The lowest BCUT2D eigenvalue weighted by Crippen LogP contribution is -2.33. The molecule has 2 rings (SSSR count). The van der Waals surface area contributed by atoms with Gasteiger partial charge in [0.15, 0.2) is 0 Å². The average molecular weight is 887 g/mol. The molecular weight excluding hydrogens is 791 g/mol. The minimum Gasteiger partial charge on any atom is -0.385 e. The molecule has 9 nitrogen and oxygen atoms in total. The molecule has 13 heteroatoms. The number of thioether (sulfide) groups is 1. The normalized spacial score (nSPS) is 12.1. The first kappa shape index (κ1) is 70.6. The van der Waals surface area contributed by atoms with Crippen LogP contribution in [0.3, 0.4) is 0 Å². The minimum absolute atomic E-state index is 0. The number of unbranched alkanes of at least 4 members (excludes halogenated alkanes) is 3. The Morgan fingerprint density at radius 2 is 1.30 bits per heavy atom. The van der Waals surface area contributed by atoms with E-state index in [1.165, 1.54) is 81.8 Å². The third kappa shape index (κ3) is 60.7. The van der Waals surface area contributed by atoms with E-state index >= 15 is 0 Å². The molecule has 1 aliphatic heterocycles. The number of pyridine rings is 1. The molecule has 1 aromatic rings. The molecule has 0 bridgehead atoms. The topological polar surface area (TPSA) is 77.6 Å². The predicted octanol–water partition coefficient (Wildman–Crippen LogP) is 10.5. The predicted molar refractivity (Wildman–Crippen MR) is 257 cm³/mol. The number of aryl methyl sites for hydroxylation is 1. The Balaban J connectivity index is -0.000000106. The molecule has 344 valence electrons. The van der Waals surface area contributed by atoms with Gasteiger partial charge in [0.25, 0.3) is 0 Å². The lowest BCUT2D eigenvalue weighted by Gasteiger charge is -2.25. The fourth-order valence-corrected chi connectivity index (χ4v) is 5.76. The Morgan fingerprint density at radius 1 is 0.768 bits per heavy atom. The Morgan fingerprint density at radius 3 is 1.75 bits per heavy atom. The van der Waals surface area contributed by atoms with Gasteiger partial charge in [-0.1, -0.05) is 73.8 Å². The van der Waals surface area contributed by atoms with E-state index in [-0.39, 0.29) is 37.2 Å². The molecule has 1 aliphatic rings. The van der Waals surface area contributed by atoms with Crippen LogP contribution < -0.4 is 5.32 Å². The van der Waals surface area contributed by atoms with E-state index in [0.717, 1.165) is 77.2 Å². The van der Waals surface area contributed by atoms with Crippen LogP contribution in [0.25, 0.3) is 0 Å². The minimum atomic E-state index is 0. The summed E-state index contributed by atoms with van der Waals surface area (Å²) in [5.74, 6) is 4.32. The van der Waals surface area contributed by atoms with E-state index < -0.39 is 0 Å². The van der Waals surface area contributed by atoms with E-state index in [2.05, 4.69) is 72.5 Å². The van der Waals surface area contributed by atoms with Crippen molar-refractivity contribution >= 4 is 49.0 Å². The monoisotopic (exact) mass is 885 g/mol. The molecule has 1 saturated heterocycles. The first-order chi connectivity index (χ1) is 25.8. The summed E-state index contributed by atoms with van der Waals surface area (Å²) in [6.07, 6.45) is 14.7. The van der Waals surface area contributed by atoms with E-state index in [1.807, 2.05) is 46.3 Å². The van der Waals surface area contributed by atoms with Gasteiger partial charge in [0.1, 0.15) is 0 Å². The standard InChI is InChI=1S/C11H17NO.C10H22O.C8H17NOS.C8H19NO.C4H11NO.C2H6.3ClH/c1-13-9-4-2-3-6-11-7-5-8-12-10-11;1-9(2)10(3)7-5-6-8-11-4;1-10-6-2-3-9-4-7-11-8-5-9;1-4-9(5-2)7-6-8-10-3;1-3-6-4-5-2;1-2;;;/h5,7-8,10H,2-4,6,9H2,1H3;9-10H,5-8H2,1-4H3;2-8H2,1H3;4-8H2,1-3H3;5H,3-4H2,1-2H3;1-2H3;3*1H. The summed E-state index contributed by atoms with van der Waals surface area (Å²) in [6, 6.07) is 4.12. The number of rotatable bonds is 25. The lowest BCUT2D eigenvalue weighted by molar-refractivity contribution is 0.134. The van der Waals surface area contributed by atoms with Crippen molar-refractivity contribution in [3.63, 3.8) is 0 Å². The second-order valence-electron chi connectivity index (χ2n) is 13.0. The molecule has 1 aromatic heterocycles. The summed E-state index contributed by atoms with van der Waals surface area (Å²) in [5, 5.41) is 2.85. The van der Waals surface area contributed by atoms with Gasteiger partial charge in [0, 0.05) is 112 Å². The third-order valence-electron chi connectivity index (χ3n) is 8.53. The molecule has 0 aromatic carbocycles. The number of hydrogen-bond donors (Lipinski definition) is 1. The quantitative estimate of drug-likeness (QED) is 0.0758. The van der Waals surface area contributed by atoms with Crippen molar-refractivity contribution in [2.45, 2.75) is 113 Å². The number of nitrogens with one attached hydrogen (secondary N) is 1. The first-order valence-electron chi connectivity index (χ1n) is 20.9. The summed E-state index contributed by atoms with van der Waals surface area (Å²) in [6.45, 7) is 29.6. The second kappa shape index (κ2) is 64.2. The molecule has 1 unspecified atom stereocenters. The molecule has 1 atom stereocenters. The van der Waals surface area contributed by atoms with Crippen LogP contribution in [0.2, 0.25) is 0 Å². The van der Waals surface area contributed by atoms with Crippen molar-refractivity contribution < 1.29 is 23.7 Å². The third-order valence-corrected chi connectivity index (χ3v) is 9.47. The zero-order valence-corrected chi connectivity index (χ0v) is 42.0. The molecule has 56 heavy (non-hydrogen) atoms. The molecule has 1 N–H and O–H groups in total. The van der Waals surface area contributed by atoms with E-state index in [9.17, 15) is 0 Å². The van der Waals surface area contributed by atoms with Crippen molar-refractivity contribution in [1.29, 1.82) is 0 Å². The van der Waals surface area contributed by atoms with Gasteiger partial charge in [0.05, 0.1) is 6.73 Å². The zero-order chi connectivity index (χ0) is 40.6. The van der Waals surface area contributed by atoms with Crippen LogP contribution in [-0.2, 0) is 30.1 Å². The summed E-state index contributed by atoms with van der Waals surface area (Å²) < 4.78 is 24.8. The summed E-state index contributed by atoms with van der Waals surface area (Å²) in [4.78, 5) is 9.00. The molecule has 1 fully saturated rings. The number of aromatic nitrogens is 1. The van der Waals surface area contributed by atoms with Crippen molar-refractivity contribution in [2.24, 2.45) is 11.8 Å². The van der Waals surface area contributed by atoms with Gasteiger partial charge in [0.2, 0.25) is 0 Å². The van der Waals surface area contributed by atoms with Crippen molar-refractivity contribution in [2.75, 3.05) is 126 Å². The first-order valence-corrected chi connectivity index (χ1v) is 22.1. The Labute approximate surface area is 372 Å². The van der Waals surface area contributed by atoms with E-state index in [4.69, 9.17) is 23.7 Å². The second-order valence-corrected chi connectivity index (χ2v) is 14.3. The highest BCUT2D eigenvalue weighted by atomic mass is 35.5. The van der Waals surface area contributed by atoms with Crippen LogP contribution >= 0.6 is 49.0 Å². The van der Waals surface area contributed by atoms with E-state index in [1.54, 1.807) is 28.4 Å². The summed E-state index contributed by atoms with van der Waals surface area (Å²) in [5.41, 5.74) is 1.33. The number of nitrogens with zero attached hydrogens (tertiary/aromatic N) is 3. The number of ether oxygens (including phenoxy) is 5. The molecule has 2 heterocycles. The SMILES string of the molecule is CC.CCN(CC)CCCOC.CCOCNC.COCCCCC(C)C(C)C.COCCCCCc1cccnc1.COCCCN1CCSCC1.Cl.Cl.Cl. The fourth-order valence-electron chi connectivity index (χ4n) is 4.78. The molecule has 0 radical (unpaired) electrons. The molecule has 0 amide bonds. The molecule has 0 saturated carbocycles. The highest BCUT2D eigenvalue weighted by Crippen LogP contribution is 2.16. The number of methoxy groups -OCH3 is 4.